The highest BCUT2D eigenvalue weighted by Gasteiger charge is 2.40. The second-order valence-corrected chi connectivity index (χ2v) is 7.67. The summed E-state index contributed by atoms with van der Waals surface area (Å²) < 4.78 is 40.0. The largest absolute Gasteiger partial charge is 0.417 e. The van der Waals surface area contributed by atoms with Gasteiger partial charge in [-0.1, -0.05) is 6.42 Å². The van der Waals surface area contributed by atoms with E-state index in [4.69, 9.17) is 5.73 Å². The quantitative estimate of drug-likeness (QED) is 0.856. The minimum Gasteiger partial charge on any atom is -0.349 e. The van der Waals surface area contributed by atoms with Crippen LogP contribution in [0.5, 0.6) is 0 Å². The van der Waals surface area contributed by atoms with E-state index in [9.17, 15) is 18.0 Å². The van der Waals surface area contributed by atoms with Gasteiger partial charge in [0, 0.05) is 18.2 Å². The lowest BCUT2D eigenvalue weighted by molar-refractivity contribution is -0.138. The molecule has 2 aromatic heterocycles. The molecule has 2 bridgehead atoms. The molecule has 1 amide bonds. The average Bonchev–Trinajstić information content (AvgIpc) is 3.01. The fourth-order valence-electron chi connectivity index (χ4n) is 4.54. The smallest absolute Gasteiger partial charge is 0.349 e. The van der Waals surface area contributed by atoms with Gasteiger partial charge < -0.3 is 11.1 Å². The molecule has 2 aliphatic carbocycles. The van der Waals surface area contributed by atoms with Crippen LogP contribution in [0.3, 0.4) is 0 Å². The Morgan fingerprint density at radius 3 is 2.59 bits per heavy atom. The standard InChI is InChI=1S/C18H22F3N5O/c19-18(20,21)13-4-5-14-24-25-15(26(14)9-13)8-23-17(27)12-6-10-2-1-3-11(7-12)16(10)22/h4-5,9-12,16H,1-3,6-8,22H2,(H,23,27). The van der Waals surface area contributed by atoms with Gasteiger partial charge in [0.2, 0.25) is 5.91 Å². The molecule has 2 aliphatic rings. The summed E-state index contributed by atoms with van der Waals surface area (Å²) in [5, 5.41) is 10.6. The fraction of sp³-hybridized carbons (Fsp3) is 0.611. The first-order valence-electron chi connectivity index (χ1n) is 9.27. The summed E-state index contributed by atoms with van der Waals surface area (Å²) in [5.41, 5.74) is 5.79. The minimum absolute atomic E-state index is 0.0409. The van der Waals surface area contributed by atoms with Crippen LogP contribution >= 0.6 is 0 Å². The van der Waals surface area contributed by atoms with Crippen molar-refractivity contribution in [3.05, 3.63) is 29.7 Å². The number of nitrogens with two attached hydrogens (primary N) is 1. The lowest BCUT2D eigenvalue weighted by Gasteiger charge is -2.43. The summed E-state index contributed by atoms with van der Waals surface area (Å²) in [6.45, 7) is 0.0409. The van der Waals surface area contributed by atoms with Gasteiger partial charge in [0.25, 0.3) is 0 Å². The van der Waals surface area contributed by atoms with Crippen molar-refractivity contribution in [2.24, 2.45) is 23.5 Å². The van der Waals surface area contributed by atoms with Gasteiger partial charge in [-0.05, 0) is 49.7 Å². The van der Waals surface area contributed by atoms with Crippen molar-refractivity contribution in [2.75, 3.05) is 0 Å². The number of aromatic nitrogens is 3. The maximum absolute atomic E-state index is 12.9. The highest BCUT2D eigenvalue weighted by atomic mass is 19.4. The van der Waals surface area contributed by atoms with Gasteiger partial charge in [-0.25, -0.2) is 0 Å². The zero-order valence-corrected chi connectivity index (χ0v) is 14.7. The summed E-state index contributed by atoms with van der Waals surface area (Å²) in [5.74, 6) is 0.873. The molecule has 0 saturated heterocycles. The Labute approximate surface area is 154 Å². The minimum atomic E-state index is -4.45. The van der Waals surface area contributed by atoms with Crippen LogP contribution in [0.15, 0.2) is 18.3 Å². The third kappa shape index (κ3) is 3.52. The molecular weight excluding hydrogens is 359 g/mol. The van der Waals surface area contributed by atoms with Crippen molar-refractivity contribution in [3.63, 3.8) is 0 Å². The zero-order valence-electron chi connectivity index (χ0n) is 14.7. The van der Waals surface area contributed by atoms with E-state index in [0.29, 0.717) is 17.5 Å². The highest BCUT2D eigenvalue weighted by Crippen LogP contribution is 2.41. The van der Waals surface area contributed by atoms with E-state index >= 15 is 0 Å². The van der Waals surface area contributed by atoms with Gasteiger partial charge in [-0.15, -0.1) is 10.2 Å². The molecule has 146 valence electrons. The number of alkyl halides is 3. The fourth-order valence-corrected chi connectivity index (χ4v) is 4.54. The highest BCUT2D eigenvalue weighted by molar-refractivity contribution is 5.78. The monoisotopic (exact) mass is 381 g/mol. The molecule has 27 heavy (non-hydrogen) atoms. The van der Waals surface area contributed by atoms with E-state index in [2.05, 4.69) is 15.5 Å². The van der Waals surface area contributed by atoms with Crippen molar-refractivity contribution in [3.8, 4) is 0 Å². The number of carbonyl (C=O) groups is 1. The summed E-state index contributed by atoms with van der Waals surface area (Å²) in [6, 6.07) is 2.42. The Kier molecular flexibility index (Phi) is 4.57. The molecule has 0 aromatic carbocycles. The number of nitrogens with zero attached hydrogens (tertiary/aromatic N) is 3. The van der Waals surface area contributed by atoms with Gasteiger partial charge in [0.15, 0.2) is 11.5 Å². The van der Waals surface area contributed by atoms with E-state index in [-0.39, 0.29) is 30.2 Å². The number of pyridine rings is 1. The maximum atomic E-state index is 12.9. The number of hydrogen-bond donors (Lipinski definition) is 2. The van der Waals surface area contributed by atoms with Crippen LogP contribution in [0.2, 0.25) is 0 Å². The van der Waals surface area contributed by atoms with Gasteiger partial charge >= 0.3 is 6.18 Å². The number of hydrogen-bond acceptors (Lipinski definition) is 4. The van der Waals surface area contributed by atoms with Gasteiger partial charge in [-0.3, -0.25) is 9.20 Å². The molecule has 2 heterocycles. The van der Waals surface area contributed by atoms with E-state index in [1.54, 1.807) is 0 Å². The van der Waals surface area contributed by atoms with Crippen molar-refractivity contribution in [2.45, 2.75) is 50.9 Å². The third-order valence-corrected chi connectivity index (χ3v) is 6.00. The molecule has 3 N–H and O–H groups in total. The lowest BCUT2D eigenvalue weighted by Crippen LogP contribution is -2.49. The predicted molar refractivity (Wildman–Crippen MR) is 91.4 cm³/mol. The molecule has 2 atom stereocenters. The van der Waals surface area contributed by atoms with Gasteiger partial charge in [0.1, 0.15) is 0 Å². The predicted octanol–water partition coefficient (Wildman–Crippen LogP) is 2.52. The number of carbonyl (C=O) groups excluding carboxylic acids is 1. The third-order valence-electron chi connectivity index (χ3n) is 6.00. The first kappa shape index (κ1) is 18.2. The van der Waals surface area contributed by atoms with E-state index in [1.807, 2.05) is 0 Å². The van der Waals surface area contributed by atoms with Gasteiger partial charge in [-0.2, -0.15) is 13.2 Å². The molecule has 6 nitrogen and oxygen atoms in total. The summed E-state index contributed by atoms with van der Waals surface area (Å²) >= 11 is 0. The number of fused-ring (bicyclic) bond motifs is 3. The average molecular weight is 381 g/mol. The second-order valence-electron chi connectivity index (χ2n) is 7.67. The van der Waals surface area contributed by atoms with Crippen LogP contribution in [-0.4, -0.2) is 26.5 Å². The first-order valence-corrected chi connectivity index (χ1v) is 9.27. The van der Waals surface area contributed by atoms with E-state index in [1.165, 1.54) is 16.9 Å². The Morgan fingerprint density at radius 2 is 1.93 bits per heavy atom. The number of nitrogens with one attached hydrogen (secondary N) is 1. The number of amides is 1. The van der Waals surface area contributed by atoms with Crippen LogP contribution in [0.1, 0.15) is 43.5 Å². The van der Waals surface area contributed by atoms with Crippen molar-refractivity contribution in [1.82, 2.24) is 19.9 Å². The lowest BCUT2D eigenvalue weighted by atomic mass is 9.65. The summed E-state index contributed by atoms with van der Waals surface area (Å²) in [4.78, 5) is 12.6. The Bertz CT molecular complexity index is 835. The molecular formula is C18H22F3N5O. The molecule has 9 heteroatoms. The number of halogens is 3. The van der Waals surface area contributed by atoms with Gasteiger partial charge in [0.05, 0.1) is 12.1 Å². The van der Waals surface area contributed by atoms with Crippen LogP contribution in [0.4, 0.5) is 13.2 Å². The number of rotatable bonds is 3. The van der Waals surface area contributed by atoms with E-state index in [0.717, 1.165) is 37.9 Å². The topological polar surface area (TPSA) is 85.3 Å². The molecule has 4 rings (SSSR count). The SMILES string of the molecule is NC1C2CCCC1CC(C(=O)NCc1nnc3ccc(C(F)(F)F)cn13)C2. The van der Waals surface area contributed by atoms with Crippen molar-refractivity contribution in [1.29, 1.82) is 0 Å². The Balaban J connectivity index is 1.45. The van der Waals surface area contributed by atoms with E-state index < -0.39 is 11.7 Å². The van der Waals surface area contributed by atoms with Crippen molar-refractivity contribution >= 4 is 11.6 Å². The Morgan fingerprint density at radius 1 is 1.22 bits per heavy atom. The molecule has 2 aromatic rings. The molecule has 2 unspecified atom stereocenters. The van der Waals surface area contributed by atoms with Crippen LogP contribution in [0, 0.1) is 17.8 Å². The molecule has 2 fully saturated rings. The maximum Gasteiger partial charge on any atom is 0.417 e. The zero-order chi connectivity index (χ0) is 19.2. The van der Waals surface area contributed by atoms with Crippen LogP contribution in [0.25, 0.3) is 5.65 Å². The summed E-state index contributed by atoms with van der Waals surface area (Å²) in [6.07, 6.45) is 1.38. The van der Waals surface area contributed by atoms with Crippen LogP contribution < -0.4 is 11.1 Å². The van der Waals surface area contributed by atoms with Crippen molar-refractivity contribution < 1.29 is 18.0 Å². The normalized spacial score (nSPS) is 28.3. The molecule has 2 saturated carbocycles. The first-order chi connectivity index (χ1) is 12.8. The molecule has 0 spiro atoms. The Hall–Kier alpha value is -2.16. The molecule has 0 aliphatic heterocycles. The van der Waals surface area contributed by atoms with Crippen LogP contribution in [-0.2, 0) is 17.5 Å². The second kappa shape index (κ2) is 6.78. The summed E-state index contributed by atoms with van der Waals surface area (Å²) in [7, 11) is 0. The molecule has 0 radical (unpaired) electrons.